The van der Waals surface area contributed by atoms with E-state index >= 15 is 0 Å². The molecule has 1 atom stereocenters. The van der Waals surface area contributed by atoms with Crippen molar-refractivity contribution in [3.63, 3.8) is 0 Å². The average molecular weight is 338 g/mol. The Bertz CT molecular complexity index is 900. The zero-order valence-corrected chi connectivity index (χ0v) is 14.0. The lowest BCUT2D eigenvalue weighted by molar-refractivity contribution is 0.0396. The van der Waals surface area contributed by atoms with Crippen LogP contribution in [0.4, 0.5) is 10.1 Å². The van der Waals surface area contributed by atoms with Crippen molar-refractivity contribution in [2.45, 2.75) is 6.10 Å². The van der Waals surface area contributed by atoms with Crippen LogP contribution < -0.4 is 9.64 Å². The first kappa shape index (κ1) is 15.8. The van der Waals surface area contributed by atoms with Crippen LogP contribution in [0.25, 0.3) is 10.8 Å². The van der Waals surface area contributed by atoms with Crippen molar-refractivity contribution in [2.24, 2.45) is 0 Å². The third-order valence-corrected chi connectivity index (χ3v) is 4.60. The van der Waals surface area contributed by atoms with E-state index in [-0.39, 0.29) is 11.9 Å². The topological polar surface area (TPSA) is 34.6 Å². The molecule has 0 amide bonds. The lowest BCUT2D eigenvalue weighted by Crippen LogP contribution is -2.38. The highest BCUT2D eigenvalue weighted by Crippen LogP contribution is 2.30. The molecule has 2 heterocycles. The number of hydrogen-bond acceptors (Lipinski definition) is 4. The standard InChI is InChI=1S/C20H19FN2O2/c1-24-17-5-4-14-10-16(3-2-15(14)11-17)20-13-23(8-9-25-20)19-6-7-22-12-18(19)21/h2-7,10-12,20H,8-9,13H2,1H3. The summed E-state index contributed by atoms with van der Waals surface area (Å²) in [6, 6.07) is 14.0. The Kier molecular flexibility index (Phi) is 4.24. The van der Waals surface area contributed by atoms with Crippen LogP contribution in [0, 0.1) is 5.82 Å². The molecule has 3 aromatic rings. The van der Waals surface area contributed by atoms with Crippen LogP contribution in [0.15, 0.2) is 54.9 Å². The van der Waals surface area contributed by atoms with Crippen molar-refractivity contribution >= 4 is 16.5 Å². The maximum Gasteiger partial charge on any atom is 0.164 e. The van der Waals surface area contributed by atoms with Gasteiger partial charge in [-0.3, -0.25) is 4.98 Å². The molecule has 5 heteroatoms. The number of morpholine rings is 1. The maximum absolute atomic E-state index is 14.0. The molecule has 0 radical (unpaired) electrons. The number of pyridine rings is 1. The fourth-order valence-corrected chi connectivity index (χ4v) is 3.26. The van der Waals surface area contributed by atoms with E-state index in [1.54, 1.807) is 19.4 Å². The molecule has 0 N–H and O–H groups in total. The van der Waals surface area contributed by atoms with Gasteiger partial charge in [-0.05, 0) is 40.6 Å². The summed E-state index contributed by atoms with van der Waals surface area (Å²) in [6.07, 6.45) is 2.78. The number of ether oxygens (including phenoxy) is 2. The molecule has 1 saturated heterocycles. The number of methoxy groups -OCH3 is 1. The third kappa shape index (κ3) is 3.15. The Hall–Kier alpha value is -2.66. The van der Waals surface area contributed by atoms with Crippen molar-refractivity contribution in [1.82, 2.24) is 4.98 Å². The SMILES string of the molecule is COc1ccc2cc(C3CN(c4ccncc4F)CCO3)ccc2c1. The van der Waals surface area contributed by atoms with Crippen molar-refractivity contribution in [2.75, 3.05) is 31.7 Å². The number of aromatic nitrogens is 1. The molecule has 25 heavy (non-hydrogen) atoms. The van der Waals surface area contributed by atoms with Crippen LogP contribution in [-0.2, 0) is 4.74 Å². The highest BCUT2D eigenvalue weighted by atomic mass is 19.1. The maximum atomic E-state index is 14.0. The normalized spacial score (nSPS) is 17.7. The Labute approximate surface area is 145 Å². The number of nitrogens with zero attached hydrogens (tertiary/aromatic N) is 2. The fraction of sp³-hybridized carbons (Fsp3) is 0.250. The van der Waals surface area contributed by atoms with Gasteiger partial charge in [-0.1, -0.05) is 18.2 Å². The lowest BCUT2D eigenvalue weighted by Gasteiger charge is -2.34. The Morgan fingerprint density at radius 1 is 1.16 bits per heavy atom. The highest BCUT2D eigenvalue weighted by molar-refractivity contribution is 5.84. The highest BCUT2D eigenvalue weighted by Gasteiger charge is 2.24. The number of fused-ring (bicyclic) bond motifs is 1. The smallest absolute Gasteiger partial charge is 0.164 e. The zero-order valence-electron chi connectivity index (χ0n) is 14.0. The summed E-state index contributed by atoms with van der Waals surface area (Å²) in [5.41, 5.74) is 1.67. The van der Waals surface area contributed by atoms with Crippen molar-refractivity contribution in [3.8, 4) is 5.75 Å². The molecule has 1 unspecified atom stereocenters. The molecule has 4 rings (SSSR count). The van der Waals surface area contributed by atoms with E-state index in [1.807, 2.05) is 23.1 Å². The predicted molar refractivity (Wildman–Crippen MR) is 95.6 cm³/mol. The first-order valence-electron chi connectivity index (χ1n) is 8.28. The summed E-state index contributed by atoms with van der Waals surface area (Å²) in [5.74, 6) is 0.544. The van der Waals surface area contributed by atoms with E-state index in [4.69, 9.17) is 9.47 Å². The summed E-state index contributed by atoms with van der Waals surface area (Å²) in [7, 11) is 1.66. The van der Waals surface area contributed by atoms with E-state index in [9.17, 15) is 4.39 Å². The van der Waals surface area contributed by atoms with Gasteiger partial charge in [0.05, 0.1) is 25.6 Å². The quantitative estimate of drug-likeness (QED) is 0.724. The van der Waals surface area contributed by atoms with Gasteiger partial charge in [0.15, 0.2) is 5.82 Å². The van der Waals surface area contributed by atoms with Crippen molar-refractivity contribution < 1.29 is 13.9 Å². The van der Waals surface area contributed by atoms with Gasteiger partial charge in [-0.25, -0.2) is 4.39 Å². The van der Waals surface area contributed by atoms with Crippen LogP contribution in [0.1, 0.15) is 11.7 Å². The zero-order chi connectivity index (χ0) is 17.2. The van der Waals surface area contributed by atoms with Crippen LogP contribution >= 0.6 is 0 Å². The summed E-state index contributed by atoms with van der Waals surface area (Å²) in [6.45, 7) is 1.85. The summed E-state index contributed by atoms with van der Waals surface area (Å²) in [5, 5.41) is 2.25. The molecule has 0 aliphatic carbocycles. The average Bonchev–Trinajstić information content (AvgIpc) is 2.67. The molecule has 2 aromatic carbocycles. The molecule has 1 aromatic heterocycles. The molecule has 0 spiro atoms. The lowest BCUT2D eigenvalue weighted by atomic mass is 10.0. The van der Waals surface area contributed by atoms with E-state index in [1.165, 1.54) is 6.20 Å². The van der Waals surface area contributed by atoms with Crippen LogP contribution in [0.3, 0.4) is 0 Å². The summed E-state index contributed by atoms with van der Waals surface area (Å²) < 4.78 is 25.2. The molecule has 128 valence electrons. The number of rotatable bonds is 3. The van der Waals surface area contributed by atoms with Gasteiger partial charge in [0.25, 0.3) is 0 Å². The monoisotopic (exact) mass is 338 g/mol. The summed E-state index contributed by atoms with van der Waals surface area (Å²) >= 11 is 0. The second kappa shape index (κ2) is 6.69. The van der Waals surface area contributed by atoms with Crippen molar-refractivity contribution in [1.29, 1.82) is 0 Å². The van der Waals surface area contributed by atoms with Crippen molar-refractivity contribution in [3.05, 3.63) is 66.2 Å². The predicted octanol–water partition coefficient (Wildman–Crippen LogP) is 3.96. The molecule has 1 aliphatic heterocycles. The van der Waals surface area contributed by atoms with Gasteiger partial charge in [-0.2, -0.15) is 0 Å². The number of halogens is 1. The molecule has 0 bridgehead atoms. The first-order chi connectivity index (χ1) is 12.2. The molecule has 1 aliphatic rings. The second-order valence-electron chi connectivity index (χ2n) is 6.11. The molecule has 4 nitrogen and oxygen atoms in total. The minimum absolute atomic E-state index is 0.0900. The second-order valence-corrected chi connectivity index (χ2v) is 6.11. The van der Waals surface area contributed by atoms with Gasteiger partial charge in [-0.15, -0.1) is 0 Å². The van der Waals surface area contributed by atoms with Gasteiger partial charge >= 0.3 is 0 Å². The molecule has 1 fully saturated rings. The van der Waals surface area contributed by atoms with Crippen LogP contribution in [0.5, 0.6) is 5.75 Å². The molecular weight excluding hydrogens is 319 g/mol. The largest absolute Gasteiger partial charge is 0.497 e. The van der Waals surface area contributed by atoms with E-state index in [0.29, 0.717) is 25.4 Å². The van der Waals surface area contributed by atoms with E-state index < -0.39 is 0 Å². The van der Waals surface area contributed by atoms with E-state index in [0.717, 1.165) is 22.1 Å². The Morgan fingerprint density at radius 2 is 2.00 bits per heavy atom. The van der Waals surface area contributed by atoms with Gasteiger partial charge in [0.2, 0.25) is 0 Å². The van der Waals surface area contributed by atoms with Crippen LogP contribution in [0.2, 0.25) is 0 Å². The molecule has 0 saturated carbocycles. The number of anilines is 1. The minimum Gasteiger partial charge on any atom is -0.497 e. The summed E-state index contributed by atoms with van der Waals surface area (Å²) in [4.78, 5) is 5.84. The Morgan fingerprint density at radius 3 is 2.84 bits per heavy atom. The first-order valence-corrected chi connectivity index (χ1v) is 8.28. The minimum atomic E-state index is -0.297. The van der Waals surface area contributed by atoms with Gasteiger partial charge in [0, 0.05) is 19.3 Å². The fourth-order valence-electron chi connectivity index (χ4n) is 3.26. The van der Waals surface area contributed by atoms with Gasteiger partial charge in [0.1, 0.15) is 11.9 Å². The third-order valence-electron chi connectivity index (χ3n) is 4.60. The Balaban J connectivity index is 1.61. The van der Waals surface area contributed by atoms with E-state index in [2.05, 4.69) is 23.2 Å². The van der Waals surface area contributed by atoms with Gasteiger partial charge < -0.3 is 14.4 Å². The molecular formula is C20H19FN2O2. The number of benzene rings is 2. The van der Waals surface area contributed by atoms with Crippen LogP contribution in [-0.4, -0.2) is 31.8 Å². The number of hydrogen-bond donors (Lipinski definition) is 0.